The molecule has 1 amide bonds. The summed E-state index contributed by atoms with van der Waals surface area (Å²) in [5.41, 5.74) is 6.42. The molecule has 12 heteroatoms. The maximum absolute atomic E-state index is 12.2. The SMILES string of the molecule is Cc1cc(/C=N\NC(=O)CSc2nnc(COc3ccc(Cl)cc3Cl)o2)c(C)n1-c1ccc(Cl)cc1. The van der Waals surface area contributed by atoms with Gasteiger partial charge < -0.3 is 13.7 Å². The first-order valence-electron chi connectivity index (χ1n) is 10.6. The highest BCUT2D eigenvalue weighted by molar-refractivity contribution is 7.99. The van der Waals surface area contributed by atoms with Crippen LogP contribution in [-0.4, -0.2) is 32.6 Å². The Labute approximate surface area is 226 Å². The average molecular weight is 565 g/mol. The van der Waals surface area contributed by atoms with E-state index in [1.54, 1.807) is 24.4 Å². The third-order valence-corrected chi connectivity index (χ3v) is 6.57. The van der Waals surface area contributed by atoms with Crippen LogP contribution in [0.2, 0.25) is 15.1 Å². The normalized spacial score (nSPS) is 11.2. The molecule has 4 rings (SSSR count). The topological polar surface area (TPSA) is 94.5 Å². The summed E-state index contributed by atoms with van der Waals surface area (Å²) < 4.78 is 13.1. The minimum Gasteiger partial charge on any atom is -0.482 e. The first-order chi connectivity index (χ1) is 17.3. The molecule has 0 unspecified atom stereocenters. The summed E-state index contributed by atoms with van der Waals surface area (Å²) in [5.74, 6) is 0.427. The van der Waals surface area contributed by atoms with Crippen molar-refractivity contribution in [1.29, 1.82) is 0 Å². The molecule has 2 aromatic heterocycles. The fraction of sp³-hybridized carbons (Fsp3) is 0.167. The number of amides is 1. The van der Waals surface area contributed by atoms with Crippen LogP contribution in [0.4, 0.5) is 0 Å². The molecule has 2 heterocycles. The molecule has 36 heavy (non-hydrogen) atoms. The predicted octanol–water partition coefficient (Wildman–Crippen LogP) is 6.26. The Kier molecular flexibility index (Phi) is 8.58. The number of rotatable bonds is 9. The van der Waals surface area contributed by atoms with E-state index in [2.05, 4.69) is 25.3 Å². The van der Waals surface area contributed by atoms with Gasteiger partial charge in [0.2, 0.25) is 0 Å². The van der Waals surface area contributed by atoms with Crippen LogP contribution in [0.25, 0.3) is 5.69 Å². The Balaban J connectivity index is 1.27. The minimum absolute atomic E-state index is 0.0276. The first-order valence-corrected chi connectivity index (χ1v) is 12.7. The van der Waals surface area contributed by atoms with Gasteiger partial charge in [-0.2, -0.15) is 5.10 Å². The van der Waals surface area contributed by atoms with Gasteiger partial charge in [-0.1, -0.05) is 46.6 Å². The van der Waals surface area contributed by atoms with Gasteiger partial charge in [-0.05, 0) is 62.4 Å². The molecule has 0 radical (unpaired) electrons. The summed E-state index contributed by atoms with van der Waals surface area (Å²) in [6, 6.07) is 14.5. The number of hydrogen-bond donors (Lipinski definition) is 1. The summed E-state index contributed by atoms with van der Waals surface area (Å²) in [5, 5.41) is 13.7. The lowest BCUT2D eigenvalue weighted by Crippen LogP contribution is -2.19. The molecule has 1 N–H and O–H groups in total. The van der Waals surface area contributed by atoms with Crippen molar-refractivity contribution in [2.75, 3.05) is 5.75 Å². The number of hydrogen-bond acceptors (Lipinski definition) is 7. The molecule has 0 aliphatic rings. The van der Waals surface area contributed by atoms with E-state index in [9.17, 15) is 4.79 Å². The van der Waals surface area contributed by atoms with Gasteiger partial charge in [-0.3, -0.25) is 4.79 Å². The quantitative estimate of drug-likeness (QED) is 0.146. The Bertz CT molecular complexity index is 1400. The smallest absolute Gasteiger partial charge is 0.277 e. The van der Waals surface area contributed by atoms with Crippen molar-refractivity contribution < 1.29 is 13.9 Å². The third kappa shape index (κ3) is 6.61. The summed E-state index contributed by atoms with van der Waals surface area (Å²) in [6.07, 6.45) is 1.61. The number of aryl methyl sites for hydroxylation is 1. The standard InChI is InChI=1S/C24H20Cl3N5O3S/c1-14-9-16(15(2)32(14)19-6-3-17(25)4-7-19)11-28-29-22(33)13-36-24-31-30-23(35-24)12-34-21-8-5-18(26)10-20(21)27/h3-11H,12-13H2,1-2H3,(H,29,33)/b28-11-. The lowest BCUT2D eigenvalue weighted by Gasteiger charge is -2.09. The van der Waals surface area contributed by atoms with Gasteiger partial charge in [0, 0.05) is 32.7 Å². The van der Waals surface area contributed by atoms with Crippen molar-refractivity contribution in [3.8, 4) is 11.4 Å². The van der Waals surface area contributed by atoms with Crippen LogP contribution in [0.5, 0.6) is 5.75 Å². The number of halogens is 3. The Morgan fingerprint density at radius 2 is 1.86 bits per heavy atom. The molecule has 4 aromatic rings. The molecular weight excluding hydrogens is 545 g/mol. The highest BCUT2D eigenvalue weighted by Crippen LogP contribution is 2.28. The largest absolute Gasteiger partial charge is 0.482 e. The number of benzene rings is 2. The van der Waals surface area contributed by atoms with Gasteiger partial charge in [0.15, 0.2) is 6.61 Å². The van der Waals surface area contributed by atoms with Crippen molar-refractivity contribution in [3.05, 3.63) is 86.4 Å². The van der Waals surface area contributed by atoms with E-state index in [1.807, 2.05) is 44.2 Å². The van der Waals surface area contributed by atoms with Gasteiger partial charge in [0.1, 0.15) is 5.75 Å². The summed E-state index contributed by atoms with van der Waals surface area (Å²) in [7, 11) is 0. The second kappa shape index (κ2) is 11.8. The van der Waals surface area contributed by atoms with Crippen LogP contribution in [0, 0.1) is 13.8 Å². The van der Waals surface area contributed by atoms with Crippen molar-refractivity contribution in [2.24, 2.45) is 5.10 Å². The van der Waals surface area contributed by atoms with Crippen LogP contribution in [-0.2, 0) is 11.4 Å². The number of ether oxygens (including phenoxy) is 1. The molecule has 0 fully saturated rings. The van der Waals surface area contributed by atoms with Crippen molar-refractivity contribution in [1.82, 2.24) is 20.2 Å². The number of carbonyl (C=O) groups is 1. The molecule has 2 aromatic carbocycles. The van der Waals surface area contributed by atoms with Crippen molar-refractivity contribution >= 4 is 58.7 Å². The third-order valence-electron chi connectivity index (χ3n) is 4.97. The fourth-order valence-electron chi connectivity index (χ4n) is 3.33. The summed E-state index contributed by atoms with van der Waals surface area (Å²) in [4.78, 5) is 12.2. The van der Waals surface area contributed by atoms with E-state index < -0.39 is 0 Å². The van der Waals surface area contributed by atoms with Gasteiger partial charge in [-0.15, -0.1) is 10.2 Å². The summed E-state index contributed by atoms with van der Waals surface area (Å²) in [6.45, 7) is 4.01. The maximum Gasteiger partial charge on any atom is 0.277 e. The summed E-state index contributed by atoms with van der Waals surface area (Å²) >= 11 is 19.0. The lowest BCUT2D eigenvalue weighted by molar-refractivity contribution is -0.118. The van der Waals surface area contributed by atoms with Gasteiger partial charge in [-0.25, -0.2) is 5.43 Å². The molecule has 0 atom stereocenters. The molecular formula is C24H20Cl3N5O3S. The lowest BCUT2D eigenvalue weighted by atomic mass is 10.2. The molecule has 0 aliphatic carbocycles. The Morgan fingerprint density at radius 1 is 1.11 bits per heavy atom. The van der Waals surface area contributed by atoms with E-state index in [1.165, 1.54) is 0 Å². The number of hydrazone groups is 1. The zero-order valence-electron chi connectivity index (χ0n) is 19.2. The van der Waals surface area contributed by atoms with Crippen molar-refractivity contribution in [3.63, 3.8) is 0 Å². The van der Waals surface area contributed by atoms with E-state index in [-0.39, 0.29) is 29.4 Å². The van der Waals surface area contributed by atoms with Crippen LogP contribution < -0.4 is 10.2 Å². The van der Waals surface area contributed by atoms with Gasteiger partial charge in [0.05, 0.1) is 17.0 Å². The van der Waals surface area contributed by atoms with Gasteiger partial charge >= 0.3 is 0 Å². The number of nitrogens with one attached hydrogen (secondary N) is 1. The molecule has 0 bridgehead atoms. The van der Waals surface area contributed by atoms with E-state index in [0.717, 1.165) is 34.4 Å². The van der Waals surface area contributed by atoms with E-state index in [4.69, 9.17) is 44.0 Å². The molecule has 0 saturated carbocycles. The van der Waals surface area contributed by atoms with Crippen molar-refractivity contribution in [2.45, 2.75) is 25.7 Å². The molecule has 8 nitrogen and oxygen atoms in total. The number of carbonyl (C=O) groups excluding carboxylic acids is 1. The van der Waals surface area contributed by atoms with E-state index >= 15 is 0 Å². The monoisotopic (exact) mass is 563 g/mol. The zero-order valence-corrected chi connectivity index (χ0v) is 22.3. The van der Waals surface area contributed by atoms with Crippen LogP contribution in [0.1, 0.15) is 22.8 Å². The molecule has 0 saturated heterocycles. The van der Waals surface area contributed by atoms with Gasteiger partial charge in [0.25, 0.3) is 17.0 Å². The number of nitrogens with zero attached hydrogens (tertiary/aromatic N) is 4. The average Bonchev–Trinajstić information content (AvgIpc) is 3.41. The van der Waals surface area contributed by atoms with Crippen LogP contribution in [0.15, 0.2) is 63.3 Å². The Morgan fingerprint density at radius 3 is 2.61 bits per heavy atom. The Hall–Kier alpha value is -2.98. The van der Waals surface area contributed by atoms with Crippen LogP contribution in [0.3, 0.4) is 0 Å². The number of aromatic nitrogens is 3. The zero-order chi connectivity index (χ0) is 25.7. The fourth-order valence-corrected chi connectivity index (χ4v) is 4.49. The minimum atomic E-state index is -0.313. The second-order valence-corrected chi connectivity index (χ2v) is 9.75. The highest BCUT2D eigenvalue weighted by Gasteiger charge is 2.12. The predicted molar refractivity (Wildman–Crippen MR) is 142 cm³/mol. The maximum atomic E-state index is 12.2. The first kappa shape index (κ1) is 26.1. The second-order valence-electron chi connectivity index (χ2n) is 7.55. The molecule has 0 aliphatic heterocycles. The van der Waals surface area contributed by atoms with Crippen LogP contribution >= 0.6 is 46.6 Å². The molecule has 0 spiro atoms. The number of thioether (sulfide) groups is 1. The highest BCUT2D eigenvalue weighted by atomic mass is 35.5. The molecule has 186 valence electrons. The van der Waals surface area contributed by atoms with E-state index in [0.29, 0.717) is 20.8 Å².